The zero-order valence-electron chi connectivity index (χ0n) is 10.8. The van der Waals surface area contributed by atoms with Crippen molar-refractivity contribution in [1.29, 1.82) is 0 Å². The molecular weight excluding hydrogens is 244 g/mol. The van der Waals surface area contributed by atoms with Gasteiger partial charge in [-0.25, -0.2) is 17.6 Å². The van der Waals surface area contributed by atoms with Crippen molar-refractivity contribution >= 4 is 0 Å². The molecular formula is C14H18F4. The van der Waals surface area contributed by atoms with E-state index in [9.17, 15) is 17.6 Å². The Morgan fingerprint density at radius 2 is 1.00 bits per heavy atom. The molecule has 0 amide bonds. The van der Waals surface area contributed by atoms with E-state index in [2.05, 4.69) is 0 Å². The van der Waals surface area contributed by atoms with E-state index < -0.39 is 23.3 Å². The topological polar surface area (TPSA) is 0 Å². The van der Waals surface area contributed by atoms with Gasteiger partial charge in [0.25, 0.3) is 0 Å². The van der Waals surface area contributed by atoms with Crippen LogP contribution in [0, 0.1) is 23.3 Å². The third kappa shape index (κ3) is 3.03. The molecule has 0 saturated heterocycles. The van der Waals surface area contributed by atoms with Crippen LogP contribution < -0.4 is 0 Å². The largest absolute Gasteiger partial charge is 0.206 e. The van der Waals surface area contributed by atoms with E-state index in [1.165, 1.54) is 0 Å². The molecule has 0 aliphatic rings. The van der Waals surface area contributed by atoms with Crippen molar-refractivity contribution < 1.29 is 17.6 Å². The van der Waals surface area contributed by atoms with E-state index in [0.29, 0.717) is 12.8 Å². The lowest BCUT2D eigenvalue weighted by molar-refractivity contribution is 0.412. The van der Waals surface area contributed by atoms with Gasteiger partial charge in [0.05, 0.1) is 0 Å². The van der Waals surface area contributed by atoms with E-state index in [0.717, 1.165) is 12.8 Å². The van der Waals surface area contributed by atoms with Gasteiger partial charge in [-0.15, -0.1) is 0 Å². The molecule has 0 bridgehead atoms. The van der Waals surface area contributed by atoms with Gasteiger partial charge in [-0.3, -0.25) is 0 Å². The van der Waals surface area contributed by atoms with E-state index in [-0.39, 0.29) is 24.0 Å². The minimum atomic E-state index is -1.55. The van der Waals surface area contributed by atoms with Gasteiger partial charge in [0.15, 0.2) is 17.5 Å². The lowest BCUT2D eigenvalue weighted by Gasteiger charge is -2.12. The highest BCUT2D eigenvalue weighted by molar-refractivity contribution is 5.30. The Kier molecular flexibility index (Phi) is 5.63. The highest BCUT2D eigenvalue weighted by Gasteiger charge is 2.24. The van der Waals surface area contributed by atoms with Crippen LogP contribution in [0.4, 0.5) is 17.6 Å². The minimum absolute atomic E-state index is 0.102. The zero-order valence-corrected chi connectivity index (χ0v) is 10.8. The van der Waals surface area contributed by atoms with Gasteiger partial charge < -0.3 is 0 Å². The third-order valence-electron chi connectivity index (χ3n) is 3.01. The Morgan fingerprint density at radius 1 is 0.611 bits per heavy atom. The first-order chi connectivity index (χ1) is 8.54. The summed E-state index contributed by atoms with van der Waals surface area (Å²) in [6.45, 7) is 3.74. The summed E-state index contributed by atoms with van der Waals surface area (Å²) >= 11 is 0. The highest BCUT2D eigenvalue weighted by Crippen LogP contribution is 2.26. The number of hydrogen-bond acceptors (Lipinski definition) is 0. The van der Waals surface area contributed by atoms with Gasteiger partial charge in [-0.05, 0) is 25.7 Å². The standard InChI is InChI=1S/C14H18F4/c1-3-5-7-9-11(15)10(8-6-4-2)13(17)14(18)12(9)16/h3-8H2,1-2H3. The second-order valence-corrected chi connectivity index (χ2v) is 4.42. The van der Waals surface area contributed by atoms with Crippen molar-refractivity contribution in [3.63, 3.8) is 0 Å². The molecule has 102 valence electrons. The average Bonchev–Trinajstić information content (AvgIpc) is 2.36. The van der Waals surface area contributed by atoms with Gasteiger partial charge in [-0.1, -0.05) is 26.7 Å². The molecule has 0 fully saturated rings. The number of halogens is 4. The molecule has 0 atom stereocenters. The Balaban J connectivity index is 3.21. The van der Waals surface area contributed by atoms with Crippen LogP contribution >= 0.6 is 0 Å². The number of rotatable bonds is 6. The molecule has 4 heteroatoms. The molecule has 0 aliphatic carbocycles. The van der Waals surface area contributed by atoms with Crippen molar-refractivity contribution in [1.82, 2.24) is 0 Å². The first kappa shape index (κ1) is 15.0. The van der Waals surface area contributed by atoms with Crippen molar-refractivity contribution in [2.24, 2.45) is 0 Å². The van der Waals surface area contributed by atoms with Crippen molar-refractivity contribution in [2.75, 3.05) is 0 Å². The monoisotopic (exact) mass is 262 g/mol. The van der Waals surface area contributed by atoms with Crippen LogP contribution in [0.15, 0.2) is 0 Å². The second kappa shape index (κ2) is 6.76. The average molecular weight is 262 g/mol. The summed E-state index contributed by atoms with van der Waals surface area (Å²) in [5, 5.41) is 0. The maximum atomic E-state index is 14.0. The van der Waals surface area contributed by atoms with Crippen molar-refractivity contribution in [2.45, 2.75) is 52.4 Å². The van der Waals surface area contributed by atoms with Crippen LogP contribution in [0.5, 0.6) is 0 Å². The normalized spacial score (nSPS) is 11.0. The van der Waals surface area contributed by atoms with Crippen molar-refractivity contribution in [3.05, 3.63) is 34.4 Å². The summed E-state index contributed by atoms with van der Waals surface area (Å²) in [4.78, 5) is 0. The zero-order chi connectivity index (χ0) is 13.7. The molecule has 0 aliphatic heterocycles. The molecule has 0 saturated carbocycles. The SMILES string of the molecule is CCCCc1c(F)c(F)c(F)c(CCCC)c1F. The molecule has 0 radical (unpaired) electrons. The van der Waals surface area contributed by atoms with Gasteiger partial charge in [-0.2, -0.15) is 0 Å². The van der Waals surface area contributed by atoms with E-state index >= 15 is 0 Å². The number of hydrogen-bond donors (Lipinski definition) is 0. The predicted octanol–water partition coefficient (Wildman–Crippen LogP) is 4.93. The van der Waals surface area contributed by atoms with Crippen LogP contribution in [0.1, 0.15) is 50.7 Å². The predicted molar refractivity (Wildman–Crippen MR) is 63.5 cm³/mol. The molecule has 0 N–H and O–H groups in total. The summed E-state index contributed by atoms with van der Waals surface area (Å²) in [6, 6.07) is 0. The molecule has 1 aromatic carbocycles. The van der Waals surface area contributed by atoms with Crippen molar-refractivity contribution in [3.8, 4) is 0 Å². The molecule has 0 aromatic heterocycles. The fraction of sp³-hybridized carbons (Fsp3) is 0.571. The molecule has 0 nitrogen and oxygen atoms in total. The van der Waals surface area contributed by atoms with Crippen LogP contribution in [-0.2, 0) is 12.8 Å². The number of unbranched alkanes of at least 4 members (excludes halogenated alkanes) is 2. The quantitative estimate of drug-likeness (QED) is 0.387. The first-order valence-electron chi connectivity index (χ1n) is 6.38. The molecule has 1 rings (SSSR count). The second-order valence-electron chi connectivity index (χ2n) is 4.42. The van der Waals surface area contributed by atoms with Gasteiger partial charge in [0.2, 0.25) is 0 Å². The molecule has 0 spiro atoms. The molecule has 0 unspecified atom stereocenters. The Morgan fingerprint density at radius 3 is 1.33 bits per heavy atom. The van der Waals surface area contributed by atoms with Crippen LogP contribution in [0.25, 0.3) is 0 Å². The maximum absolute atomic E-state index is 14.0. The van der Waals surface area contributed by atoms with Gasteiger partial charge in [0.1, 0.15) is 5.82 Å². The lowest BCUT2D eigenvalue weighted by Crippen LogP contribution is -2.09. The van der Waals surface area contributed by atoms with Gasteiger partial charge >= 0.3 is 0 Å². The lowest BCUT2D eigenvalue weighted by atomic mass is 9.99. The summed E-state index contributed by atoms with van der Waals surface area (Å²) in [6.07, 6.45) is 2.78. The van der Waals surface area contributed by atoms with Crippen LogP contribution in [0.3, 0.4) is 0 Å². The summed E-state index contributed by atoms with van der Waals surface area (Å²) in [5.74, 6) is -5.21. The highest BCUT2D eigenvalue weighted by atomic mass is 19.2. The van der Waals surface area contributed by atoms with Crippen LogP contribution in [-0.4, -0.2) is 0 Å². The Hall–Kier alpha value is -1.06. The van der Waals surface area contributed by atoms with E-state index in [4.69, 9.17) is 0 Å². The third-order valence-corrected chi connectivity index (χ3v) is 3.01. The summed E-state index contributed by atoms with van der Waals surface area (Å²) < 4.78 is 54.3. The smallest absolute Gasteiger partial charge is 0.195 e. The maximum Gasteiger partial charge on any atom is 0.195 e. The number of benzene rings is 1. The van der Waals surface area contributed by atoms with Gasteiger partial charge in [0, 0.05) is 11.1 Å². The molecule has 18 heavy (non-hydrogen) atoms. The first-order valence-corrected chi connectivity index (χ1v) is 6.38. The fourth-order valence-corrected chi connectivity index (χ4v) is 1.88. The molecule has 1 aromatic rings. The Labute approximate surface area is 105 Å². The van der Waals surface area contributed by atoms with E-state index in [1.807, 2.05) is 13.8 Å². The molecule has 0 heterocycles. The summed E-state index contributed by atoms with van der Waals surface area (Å²) in [7, 11) is 0. The summed E-state index contributed by atoms with van der Waals surface area (Å²) in [5.41, 5.74) is -0.635. The van der Waals surface area contributed by atoms with E-state index in [1.54, 1.807) is 0 Å². The Bertz CT molecular complexity index is 378. The fourth-order valence-electron chi connectivity index (χ4n) is 1.88. The van der Waals surface area contributed by atoms with Crippen LogP contribution in [0.2, 0.25) is 0 Å². The minimum Gasteiger partial charge on any atom is -0.206 e.